The Bertz CT molecular complexity index is 527. The van der Waals surface area contributed by atoms with Crippen LogP contribution in [0.2, 0.25) is 5.02 Å². The maximum absolute atomic E-state index is 11.2. The second kappa shape index (κ2) is 6.13. The lowest BCUT2D eigenvalue weighted by Gasteiger charge is -2.38. The lowest BCUT2D eigenvalue weighted by Crippen LogP contribution is -2.51. The molecular formula is C13H18ClN5O2. The van der Waals surface area contributed by atoms with E-state index in [2.05, 4.69) is 15.2 Å². The molecule has 2 fully saturated rings. The van der Waals surface area contributed by atoms with E-state index in [9.17, 15) is 10.1 Å². The number of pyridine rings is 1. The molecule has 1 aromatic heterocycles. The normalized spacial score (nSPS) is 23.5. The summed E-state index contributed by atoms with van der Waals surface area (Å²) in [6.45, 7) is 5.45. The number of nitrogens with zero attached hydrogens (tertiary/aromatic N) is 4. The molecule has 0 amide bonds. The van der Waals surface area contributed by atoms with E-state index in [-0.39, 0.29) is 5.69 Å². The second-order valence-electron chi connectivity index (χ2n) is 5.42. The van der Waals surface area contributed by atoms with Gasteiger partial charge in [0.05, 0.1) is 9.95 Å². The SMILES string of the molecule is O=[N+]([O-])c1cc(Cl)cnc1N1CCN(C2CCNC2)CC1. The third kappa shape index (κ3) is 3.09. The van der Waals surface area contributed by atoms with Gasteiger partial charge >= 0.3 is 5.69 Å². The van der Waals surface area contributed by atoms with E-state index in [1.54, 1.807) is 0 Å². The van der Waals surface area contributed by atoms with Crippen LogP contribution < -0.4 is 10.2 Å². The van der Waals surface area contributed by atoms with Crippen molar-refractivity contribution in [3.63, 3.8) is 0 Å². The summed E-state index contributed by atoms with van der Waals surface area (Å²) >= 11 is 5.81. The maximum atomic E-state index is 11.2. The zero-order chi connectivity index (χ0) is 14.8. The van der Waals surface area contributed by atoms with Crippen molar-refractivity contribution in [1.82, 2.24) is 15.2 Å². The first kappa shape index (κ1) is 14.5. The zero-order valence-corrected chi connectivity index (χ0v) is 12.4. The predicted octanol–water partition coefficient (Wildman–Crippen LogP) is 1.13. The average molecular weight is 312 g/mol. The standard InChI is InChI=1S/C13H18ClN5O2/c14-10-7-12(19(20)21)13(16-8-10)18-5-3-17(4-6-18)11-1-2-15-9-11/h7-8,11,15H,1-6,9H2. The summed E-state index contributed by atoms with van der Waals surface area (Å²) in [6, 6.07) is 1.97. The molecule has 21 heavy (non-hydrogen) atoms. The highest BCUT2D eigenvalue weighted by Gasteiger charge is 2.29. The van der Waals surface area contributed by atoms with Gasteiger partial charge < -0.3 is 10.2 Å². The number of hydrogen-bond donors (Lipinski definition) is 1. The van der Waals surface area contributed by atoms with Crippen LogP contribution in [0.25, 0.3) is 0 Å². The van der Waals surface area contributed by atoms with E-state index >= 15 is 0 Å². The lowest BCUT2D eigenvalue weighted by atomic mass is 10.2. The average Bonchev–Trinajstić information content (AvgIpc) is 3.01. The van der Waals surface area contributed by atoms with Gasteiger partial charge in [0.25, 0.3) is 0 Å². The molecule has 0 saturated carbocycles. The summed E-state index contributed by atoms with van der Waals surface area (Å²) in [5.41, 5.74) is -0.0153. The first-order valence-electron chi connectivity index (χ1n) is 7.15. The van der Waals surface area contributed by atoms with Crippen LogP contribution in [0.5, 0.6) is 0 Å². The molecule has 1 N–H and O–H groups in total. The lowest BCUT2D eigenvalue weighted by molar-refractivity contribution is -0.384. The van der Waals surface area contributed by atoms with Crippen LogP contribution in [0.15, 0.2) is 12.3 Å². The van der Waals surface area contributed by atoms with Crippen molar-refractivity contribution in [2.45, 2.75) is 12.5 Å². The fraction of sp³-hybridized carbons (Fsp3) is 0.615. The largest absolute Gasteiger partial charge is 0.348 e. The number of halogens is 1. The van der Waals surface area contributed by atoms with Crippen LogP contribution in [0.4, 0.5) is 11.5 Å². The fourth-order valence-corrected chi connectivity index (χ4v) is 3.20. The van der Waals surface area contributed by atoms with E-state index in [4.69, 9.17) is 11.6 Å². The van der Waals surface area contributed by atoms with E-state index in [1.165, 1.54) is 18.7 Å². The third-order valence-corrected chi connectivity index (χ3v) is 4.38. The molecule has 7 nitrogen and oxygen atoms in total. The van der Waals surface area contributed by atoms with Gasteiger partial charge in [0.15, 0.2) is 0 Å². The molecule has 3 heterocycles. The van der Waals surface area contributed by atoms with Gasteiger partial charge in [-0.15, -0.1) is 0 Å². The molecule has 114 valence electrons. The van der Waals surface area contributed by atoms with Gasteiger partial charge in [0.2, 0.25) is 5.82 Å². The highest BCUT2D eigenvalue weighted by Crippen LogP contribution is 2.29. The number of aromatic nitrogens is 1. The Morgan fingerprint density at radius 2 is 2.14 bits per heavy atom. The molecule has 0 radical (unpaired) electrons. The van der Waals surface area contributed by atoms with Gasteiger partial charge in [-0.05, 0) is 13.0 Å². The smallest absolute Gasteiger partial charge is 0.313 e. The highest BCUT2D eigenvalue weighted by atomic mass is 35.5. The Morgan fingerprint density at radius 3 is 2.76 bits per heavy atom. The van der Waals surface area contributed by atoms with Crippen LogP contribution in [-0.2, 0) is 0 Å². The summed E-state index contributed by atoms with van der Waals surface area (Å²) in [5, 5.41) is 14.8. The Hall–Kier alpha value is -1.44. The third-order valence-electron chi connectivity index (χ3n) is 4.18. The summed E-state index contributed by atoms with van der Waals surface area (Å²) in [6.07, 6.45) is 2.65. The van der Waals surface area contributed by atoms with Gasteiger partial charge in [-0.1, -0.05) is 11.6 Å². The molecule has 0 bridgehead atoms. The minimum Gasteiger partial charge on any atom is -0.348 e. The molecule has 0 aliphatic carbocycles. The predicted molar refractivity (Wildman–Crippen MR) is 81.0 cm³/mol. The zero-order valence-electron chi connectivity index (χ0n) is 11.7. The molecule has 1 unspecified atom stereocenters. The molecule has 1 atom stereocenters. The Balaban J connectivity index is 1.70. The van der Waals surface area contributed by atoms with Gasteiger partial charge in [-0.3, -0.25) is 15.0 Å². The van der Waals surface area contributed by atoms with Crippen LogP contribution in [-0.4, -0.2) is 60.1 Å². The van der Waals surface area contributed by atoms with Gasteiger partial charge in [0, 0.05) is 51.0 Å². The van der Waals surface area contributed by atoms with Crippen molar-refractivity contribution in [3.8, 4) is 0 Å². The highest BCUT2D eigenvalue weighted by molar-refractivity contribution is 6.30. The monoisotopic (exact) mass is 311 g/mol. The minimum atomic E-state index is -0.415. The number of nitro groups is 1. The molecule has 2 aliphatic heterocycles. The number of rotatable bonds is 3. The molecule has 0 aromatic carbocycles. The Kier molecular flexibility index (Phi) is 4.23. The van der Waals surface area contributed by atoms with E-state index in [1.807, 2.05) is 4.90 Å². The summed E-state index contributed by atoms with van der Waals surface area (Å²) in [5.74, 6) is 0.425. The van der Waals surface area contributed by atoms with Gasteiger partial charge in [0.1, 0.15) is 0 Å². The van der Waals surface area contributed by atoms with Crippen LogP contribution >= 0.6 is 11.6 Å². The second-order valence-corrected chi connectivity index (χ2v) is 5.86. The quantitative estimate of drug-likeness (QED) is 0.666. The van der Waals surface area contributed by atoms with E-state index < -0.39 is 4.92 Å². The maximum Gasteiger partial charge on any atom is 0.313 e. The first-order chi connectivity index (χ1) is 10.1. The van der Waals surface area contributed by atoms with E-state index in [0.29, 0.717) is 16.9 Å². The molecule has 1 aromatic rings. The van der Waals surface area contributed by atoms with Gasteiger partial charge in [-0.2, -0.15) is 0 Å². The van der Waals surface area contributed by atoms with Crippen LogP contribution in [0.1, 0.15) is 6.42 Å². The molecule has 0 spiro atoms. The fourth-order valence-electron chi connectivity index (χ4n) is 3.05. The molecule has 8 heteroatoms. The molecule has 2 saturated heterocycles. The summed E-state index contributed by atoms with van der Waals surface area (Å²) in [7, 11) is 0. The van der Waals surface area contributed by atoms with E-state index in [0.717, 1.165) is 39.3 Å². The number of anilines is 1. The van der Waals surface area contributed by atoms with Crippen molar-refractivity contribution in [2.24, 2.45) is 0 Å². The first-order valence-corrected chi connectivity index (χ1v) is 7.52. The Labute approximate surface area is 128 Å². The summed E-state index contributed by atoms with van der Waals surface area (Å²) in [4.78, 5) is 19.3. The van der Waals surface area contributed by atoms with Crippen molar-refractivity contribution in [2.75, 3.05) is 44.2 Å². The topological polar surface area (TPSA) is 74.5 Å². The molecule has 2 aliphatic rings. The van der Waals surface area contributed by atoms with Crippen LogP contribution in [0.3, 0.4) is 0 Å². The van der Waals surface area contributed by atoms with Gasteiger partial charge in [-0.25, -0.2) is 4.98 Å². The molecular weight excluding hydrogens is 294 g/mol. The van der Waals surface area contributed by atoms with Crippen molar-refractivity contribution >= 4 is 23.1 Å². The van der Waals surface area contributed by atoms with Crippen LogP contribution in [0, 0.1) is 10.1 Å². The summed E-state index contributed by atoms with van der Waals surface area (Å²) < 4.78 is 0. The van der Waals surface area contributed by atoms with Crippen molar-refractivity contribution < 1.29 is 4.92 Å². The van der Waals surface area contributed by atoms with Crippen molar-refractivity contribution in [1.29, 1.82) is 0 Å². The number of piperazine rings is 1. The number of nitrogens with one attached hydrogen (secondary N) is 1. The number of hydrogen-bond acceptors (Lipinski definition) is 6. The Morgan fingerprint density at radius 1 is 1.38 bits per heavy atom. The molecule has 3 rings (SSSR count). The minimum absolute atomic E-state index is 0.0153. The van der Waals surface area contributed by atoms with Crippen molar-refractivity contribution in [3.05, 3.63) is 27.4 Å².